The standard InChI is InChI=1S/C22H21N3O3S/c1-3-25-20(19(24-22(25)29)16-9-4-5-12-23-16)18-11-10-17(28-18)14-7-6-8-15(13-14)21(26)27-2/h4-13,19-20H,3H2,1-2H3,(H,24,29)/t19-,20-/m1/s1. The van der Waals surface area contributed by atoms with Gasteiger partial charge in [-0.25, -0.2) is 4.79 Å². The van der Waals surface area contributed by atoms with Gasteiger partial charge >= 0.3 is 5.97 Å². The number of thiocarbonyl (C=S) groups is 1. The number of methoxy groups -OCH3 is 1. The van der Waals surface area contributed by atoms with Gasteiger partial charge in [-0.15, -0.1) is 0 Å². The summed E-state index contributed by atoms with van der Waals surface area (Å²) in [5.74, 6) is 1.09. The molecule has 1 saturated heterocycles. The summed E-state index contributed by atoms with van der Waals surface area (Å²) in [6.45, 7) is 2.80. The second-order valence-corrected chi connectivity index (χ2v) is 7.07. The Balaban J connectivity index is 1.70. The van der Waals surface area contributed by atoms with Crippen LogP contribution >= 0.6 is 12.2 Å². The molecule has 0 saturated carbocycles. The van der Waals surface area contributed by atoms with E-state index in [0.29, 0.717) is 16.4 Å². The van der Waals surface area contributed by atoms with E-state index >= 15 is 0 Å². The zero-order valence-electron chi connectivity index (χ0n) is 16.2. The number of aromatic nitrogens is 1. The molecule has 1 aliphatic rings. The quantitative estimate of drug-likeness (QED) is 0.504. The number of hydrogen-bond acceptors (Lipinski definition) is 5. The summed E-state index contributed by atoms with van der Waals surface area (Å²) in [5, 5.41) is 4.05. The molecule has 1 aromatic carbocycles. The maximum Gasteiger partial charge on any atom is 0.337 e. The molecule has 148 valence electrons. The SMILES string of the molecule is CCN1C(=S)N[C@H](c2ccccn2)[C@H]1c1ccc(-c2cccc(C(=O)OC)c2)o1. The number of benzene rings is 1. The van der Waals surface area contributed by atoms with E-state index in [0.717, 1.165) is 23.6 Å². The van der Waals surface area contributed by atoms with Crippen molar-refractivity contribution >= 4 is 23.3 Å². The molecule has 0 bridgehead atoms. The highest BCUT2D eigenvalue weighted by atomic mass is 32.1. The van der Waals surface area contributed by atoms with Gasteiger partial charge in [0.25, 0.3) is 0 Å². The number of rotatable bonds is 5. The summed E-state index contributed by atoms with van der Waals surface area (Å²) in [6.07, 6.45) is 1.78. The van der Waals surface area contributed by atoms with E-state index in [-0.39, 0.29) is 18.1 Å². The smallest absolute Gasteiger partial charge is 0.337 e. The first-order valence-electron chi connectivity index (χ1n) is 9.39. The zero-order chi connectivity index (χ0) is 20.4. The predicted molar refractivity (Wildman–Crippen MR) is 113 cm³/mol. The number of hydrogen-bond donors (Lipinski definition) is 1. The Hall–Kier alpha value is -3.19. The van der Waals surface area contributed by atoms with Gasteiger partial charge < -0.3 is 19.4 Å². The maximum atomic E-state index is 11.8. The molecule has 0 spiro atoms. The largest absolute Gasteiger partial charge is 0.465 e. The van der Waals surface area contributed by atoms with Crippen molar-refractivity contribution in [2.75, 3.05) is 13.7 Å². The number of carbonyl (C=O) groups is 1. The molecular formula is C22H21N3O3S. The fourth-order valence-electron chi connectivity index (χ4n) is 3.64. The highest BCUT2D eigenvalue weighted by Crippen LogP contribution is 2.40. The fourth-order valence-corrected chi connectivity index (χ4v) is 4.01. The molecule has 1 aliphatic heterocycles. The molecule has 6 nitrogen and oxygen atoms in total. The van der Waals surface area contributed by atoms with Crippen molar-refractivity contribution < 1.29 is 13.9 Å². The van der Waals surface area contributed by atoms with Gasteiger partial charge in [-0.1, -0.05) is 18.2 Å². The van der Waals surface area contributed by atoms with Gasteiger partial charge in [0.1, 0.15) is 17.6 Å². The van der Waals surface area contributed by atoms with E-state index in [1.807, 2.05) is 42.5 Å². The molecule has 1 N–H and O–H groups in total. The first kappa shape index (κ1) is 19.1. The Labute approximate surface area is 174 Å². The van der Waals surface area contributed by atoms with E-state index in [2.05, 4.69) is 22.1 Å². The fraction of sp³-hybridized carbons (Fsp3) is 0.227. The van der Waals surface area contributed by atoms with Crippen molar-refractivity contribution in [3.05, 3.63) is 77.8 Å². The number of nitrogens with zero attached hydrogens (tertiary/aromatic N) is 2. The number of carbonyl (C=O) groups excluding carboxylic acids is 1. The first-order valence-corrected chi connectivity index (χ1v) is 9.79. The van der Waals surface area contributed by atoms with Crippen LogP contribution in [-0.2, 0) is 4.74 Å². The molecule has 2 aromatic heterocycles. The molecule has 0 amide bonds. The van der Waals surface area contributed by atoms with Crippen LogP contribution in [-0.4, -0.2) is 34.6 Å². The van der Waals surface area contributed by atoms with Crippen LogP contribution in [0.15, 0.2) is 65.2 Å². The Morgan fingerprint density at radius 2 is 2.10 bits per heavy atom. The Morgan fingerprint density at radius 3 is 2.83 bits per heavy atom. The van der Waals surface area contributed by atoms with Crippen LogP contribution in [0.3, 0.4) is 0 Å². The number of nitrogens with one attached hydrogen (secondary N) is 1. The molecule has 3 heterocycles. The van der Waals surface area contributed by atoms with Gasteiger partial charge in [0, 0.05) is 18.3 Å². The third-order valence-corrected chi connectivity index (χ3v) is 5.38. The van der Waals surface area contributed by atoms with Gasteiger partial charge in [0.05, 0.1) is 24.4 Å². The number of ether oxygens (including phenoxy) is 1. The van der Waals surface area contributed by atoms with Gasteiger partial charge in [-0.2, -0.15) is 0 Å². The summed E-state index contributed by atoms with van der Waals surface area (Å²) in [5.41, 5.74) is 2.19. The number of furan rings is 1. The lowest BCUT2D eigenvalue weighted by molar-refractivity contribution is 0.0601. The van der Waals surface area contributed by atoms with E-state index in [1.165, 1.54) is 7.11 Å². The second-order valence-electron chi connectivity index (χ2n) is 6.69. The van der Waals surface area contributed by atoms with Gasteiger partial charge in [0.15, 0.2) is 5.11 Å². The molecule has 1 fully saturated rings. The minimum atomic E-state index is -0.378. The molecule has 0 unspecified atom stereocenters. The lowest BCUT2D eigenvalue weighted by Gasteiger charge is -2.24. The average molecular weight is 407 g/mol. The van der Waals surface area contributed by atoms with E-state index in [1.54, 1.807) is 18.3 Å². The Bertz CT molecular complexity index is 1030. The Kier molecular flexibility index (Phi) is 5.31. The zero-order valence-corrected chi connectivity index (χ0v) is 17.0. The normalized spacial score (nSPS) is 18.6. The van der Waals surface area contributed by atoms with Crippen LogP contribution in [0.4, 0.5) is 0 Å². The minimum Gasteiger partial charge on any atom is -0.465 e. The van der Waals surface area contributed by atoms with Crippen molar-refractivity contribution in [1.82, 2.24) is 15.2 Å². The number of likely N-dealkylation sites (N-methyl/N-ethyl adjacent to an activating group) is 1. The molecule has 3 aromatic rings. The molecule has 29 heavy (non-hydrogen) atoms. The molecular weight excluding hydrogens is 386 g/mol. The van der Waals surface area contributed by atoms with Crippen molar-refractivity contribution in [1.29, 1.82) is 0 Å². The first-order chi connectivity index (χ1) is 14.1. The molecule has 2 atom stereocenters. The van der Waals surface area contributed by atoms with Crippen LogP contribution < -0.4 is 5.32 Å². The summed E-state index contributed by atoms with van der Waals surface area (Å²) in [7, 11) is 1.37. The van der Waals surface area contributed by atoms with Crippen LogP contribution in [0.2, 0.25) is 0 Å². The van der Waals surface area contributed by atoms with Crippen molar-refractivity contribution in [3.63, 3.8) is 0 Å². The topological polar surface area (TPSA) is 67.6 Å². The maximum absolute atomic E-state index is 11.8. The number of pyridine rings is 1. The summed E-state index contributed by atoms with van der Waals surface area (Å²) < 4.78 is 11.0. The lowest BCUT2D eigenvalue weighted by atomic mass is 10.0. The van der Waals surface area contributed by atoms with Gasteiger partial charge in [-0.3, -0.25) is 4.98 Å². The summed E-state index contributed by atoms with van der Waals surface area (Å²) >= 11 is 5.55. The molecule has 4 rings (SSSR count). The van der Waals surface area contributed by atoms with Crippen LogP contribution in [0.1, 0.15) is 40.8 Å². The van der Waals surface area contributed by atoms with Gasteiger partial charge in [-0.05, 0) is 55.5 Å². The van der Waals surface area contributed by atoms with E-state index in [4.69, 9.17) is 21.4 Å². The highest BCUT2D eigenvalue weighted by molar-refractivity contribution is 7.80. The molecule has 0 radical (unpaired) electrons. The second kappa shape index (κ2) is 8.05. The highest BCUT2D eigenvalue weighted by Gasteiger charge is 2.40. The van der Waals surface area contributed by atoms with Crippen LogP contribution in [0.25, 0.3) is 11.3 Å². The third-order valence-electron chi connectivity index (χ3n) is 5.02. The van der Waals surface area contributed by atoms with Crippen molar-refractivity contribution in [2.24, 2.45) is 0 Å². The van der Waals surface area contributed by atoms with Gasteiger partial charge in [0.2, 0.25) is 0 Å². The van der Waals surface area contributed by atoms with Crippen molar-refractivity contribution in [3.8, 4) is 11.3 Å². The summed E-state index contributed by atoms with van der Waals surface area (Å²) in [6, 6.07) is 16.7. The summed E-state index contributed by atoms with van der Waals surface area (Å²) in [4.78, 5) is 18.4. The molecule has 0 aliphatic carbocycles. The van der Waals surface area contributed by atoms with Crippen LogP contribution in [0.5, 0.6) is 0 Å². The Morgan fingerprint density at radius 1 is 1.24 bits per heavy atom. The van der Waals surface area contributed by atoms with Crippen LogP contribution in [0, 0.1) is 0 Å². The number of esters is 1. The lowest BCUT2D eigenvalue weighted by Crippen LogP contribution is -2.29. The molecule has 7 heteroatoms. The van der Waals surface area contributed by atoms with Crippen molar-refractivity contribution in [2.45, 2.75) is 19.0 Å². The minimum absolute atomic E-state index is 0.107. The van der Waals surface area contributed by atoms with E-state index in [9.17, 15) is 4.79 Å². The predicted octanol–water partition coefficient (Wildman–Crippen LogP) is 4.12. The van der Waals surface area contributed by atoms with E-state index < -0.39 is 0 Å². The third kappa shape index (κ3) is 3.61. The average Bonchev–Trinajstić information content (AvgIpc) is 3.38. The monoisotopic (exact) mass is 407 g/mol.